The van der Waals surface area contributed by atoms with E-state index >= 15 is 0 Å². The highest BCUT2D eigenvalue weighted by Gasteiger charge is 2.04. The monoisotopic (exact) mass is 160 g/mol. The number of hydrogen-bond donors (Lipinski definition) is 1. The first-order valence-corrected chi connectivity index (χ1v) is 3.71. The maximum atomic E-state index is 9.18. The van der Waals surface area contributed by atoms with Crippen LogP contribution in [0.2, 0.25) is 0 Å². The van der Waals surface area contributed by atoms with Crippen molar-refractivity contribution in [1.29, 1.82) is 0 Å². The normalized spacial score (nSPS) is 14.8. The summed E-state index contributed by atoms with van der Waals surface area (Å²) in [4.78, 5) is 0. The molecule has 0 aromatic heterocycles. The summed E-state index contributed by atoms with van der Waals surface area (Å²) in [6, 6.07) is 7.10. The van der Waals surface area contributed by atoms with E-state index in [9.17, 15) is 5.11 Å². The fraction of sp³-hybridized carbons (Fsp3) is 0.111. The van der Waals surface area contributed by atoms with Crippen LogP contribution >= 0.6 is 0 Å². The van der Waals surface area contributed by atoms with Gasteiger partial charge in [0, 0.05) is 5.57 Å². The van der Waals surface area contributed by atoms with Crippen molar-refractivity contribution in [3.05, 3.63) is 36.0 Å². The van der Waals surface area contributed by atoms with Gasteiger partial charge in [0.05, 0.1) is 12.7 Å². The highest BCUT2D eigenvalue weighted by molar-refractivity contribution is 5.68. The summed E-state index contributed by atoms with van der Waals surface area (Å²) in [6.07, 6.45) is 1.72. The predicted molar refractivity (Wildman–Crippen MR) is 45.8 cm³/mol. The zero-order chi connectivity index (χ0) is 8.39. The Morgan fingerprint density at radius 1 is 1.33 bits per heavy atom. The molecule has 60 valence electrons. The van der Waals surface area contributed by atoms with Gasteiger partial charge in [0.1, 0.15) is 5.75 Å². The van der Waals surface area contributed by atoms with Crippen molar-refractivity contribution in [2.24, 2.45) is 10.2 Å². The third kappa shape index (κ3) is 1.21. The van der Waals surface area contributed by atoms with Crippen LogP contribution in [0.15, 0.2) is 40.7 Å². The highest BCUT2D eigenvalue weighted by Crippen LogP contribution is 2.22. The van der Waals surface area contributed by atoms with E-state index in [1.165, 1.54) is 0 Å². The molecule has 0 bridgehead atoms. The molecule has 1 aromatic carbocycles. The molecule has 0 saturated carbocycles. The molecule has 2 rings (SSSR count). The smallest absolute Gasteiger partial charge is 0.116 e. The minimum atomic E-state index is 0.278. The number of hydrogen-bond acceptors (Lipinski definition) is 3. The summed E-state index contributed by atoms with van der Waals surface area (Å²) in [5, 5.41) is 16.8. The molecule has 3 heteroatoms. The van der Waals surface area contributed by atoms with Crippen LogP contribution < -0.4 is 0 Å². The first-order chi connectivity index (χ1) is 5.86. The van der Waals surface area contributed by atoms with Crippen LogP contribution in [-0.4, -0.2) is 11.7 Å². The standard InChI is InChI=1S/C9H8N2O/c12-9-3-1-2-7(4-9)8-5-10-11-6-8/h1-5,12H,6H2. The maximum absolute atomic E-state index is 9.18. The van der Waals surface area contributed by atoms with Crippen LogP contribution in [0.25, 0.3) is 5.57 Å². The van der Waals surface area contributed by atoms with Gasteiger partial charge >= 0.3 is 0 Å². The molecule has 1 heterocycles. The lowest BCUT2D eigenvalue weighted by molar-refractivity contribution is 0.475. The Hall–Kier alpha value is -1.64. The Bertz CT molecular complexity index is 355. The van der Waals surface area contributed by atoms with Crippen molar-refractivity contribution < 1.29 is 5.11 Å². The van der Waals surface area contributed by atoms with E-state index in [-0.39, 0.29) is 5.75 Å². The van der Waals surface area contributed by atoms with Crippen molar-refractivity contribution in [3.8, 4) is 5.75 Å². The Morgan fingerprint density at radius 2 is 2.25 bits per heavy atom. The second kappa shape index (κ2) is 2.77. The van der Waals surface area contributed by atoms with Crippen LogP contribution in [0.5, 0.6) is 5.75 Å². The molecule has 1 N–H and O–H groups in total. The van der Waals surface area contributed by atoms with Gasteiger partial charge in [-0.1, -0.05) is 12.1 Å². The number of azo groups is 1. The molecule has 0 fully saturated rings. The molecule has 0 aliphatic carbocycles. The summed E-state index contributed by atoms with van der Waals surface area (Å²) < 4.78 is 0. The summed E-state index contributed by atoms with van der Waals surface area (Å²) in [7, 11) is 0. The predicted octanol–water partition coefficient (Wildman–Crippen LogP) is 2.20. The molecule has 1 aliphatic rings. The van der Waals surface area contributed by atoms with Gasteiger partial charge in [-0.05, 0) is 17.7 Å². The van der Waals surface area contributed by atoms with E-state index in [1.54, 1.807) is 18.3 Å². The molecular weight excluding hydrogens is 152 g/mol. The van der Waals surface area contributed by atoms with Gasteiger partial charge < -0.3 is 5.11 Å². The van der Waals surface area contributed by atoms with Crippen LogP contribution in [0.4, 0.5) is 0 Å². The second-order valence-electron chi connectivity index (χ2n) is 2.62. The van der Waals surface area contributed by atoms with Crippen LogP contribution in [-0.2, 0) is 0 Å². The summed E-state index contributed by atoms with van der Waals surface area (Å²) in [6.45, 7) is 0.615. The minimum Gasteiger partial charge on any atom is -0.508 e. The lowest BCUT2D eigenvalue weighted by Gasteiger charge is -1.99. The Labute approximate surface area is 70.1 Å². The number of rotatable bonds is 1. The fourth-order valence-corrected chi connectivity index (χ4v) is 1.14. The Morgan fingerprint density at radius 3 is 2.92 bits per heavy atom. The zero-order valence-corrected chi connectivity index (χ0v) is 6.44. The highest BCUT2D eigenvalue weighted by atomic mass is 16.3. The maximum Gasteiger partial charge on any atom is 0.116 e. The van der Waals surface area contributed by atoms with Gasteiger partial charge in [-0.2, -0.15) is 10.2 Å². The summed E-state index contributed by atoms with van der Waals surface area (Å²) in [5.41, 5.74) is 2.03. The van der Waals surface area contributed by atoms with Crippen molar-refractivity contribution in [1.82, 2.24) is 0 Å². The van der Waals surface area contributed by atoms with Crippen LogP contribution in [0.3, 0.4) is 0 Å². The quantitative estimate of drug-likeness (QED) is 0.672. The van der Waals surface area contributed by atoms with E-state index in [4.69, 9.17) is 0 Å². The SMILES string of the molecule is Oc1cccc(C2=CN=NC2)c1. The molecule has 3 nitrogen and oxygen atoms in total. The van der Waals surface area contributed by atoms with Crippen LogP contribution in [0.1, 0.15) is 5.56 Å². The lowest BCUT2D eigenvalue weighted by Crippen LogP contribution is -1.83. The van der Waals surface area contributed by atoms with Crippen molar-refractivity contribution in [2.45, 2.75) is 0 Å². The van der Waals surface area contributed by atoms with Crippen LogP contribution in [0, 0.1) is 0 Å². The summed E-state index contributed by atoms with van der Waals surface area (Å²) in [5.74, 6) is 0.278. The third-order valence-corrected chi connectivity index (χ3v) is 1.75. The molecule has 0 amide bonds. The van der Waals surface area contributed by atoms with E-state index in [2.05, 4.69) is 10.2 Å². The van der Waals surface area contributed by atoms with Gasteiger partial charge in [-0.15, -0.1) is 0 Å². The van der Waals surface area contributed by atoms with E-state index in [1.807, 2.05) is 12.1 Å². The minimum absolute atomic E-state index is 0.278. The summed E-state index contributed by atoms with van der Waals surface area (Å²) >= 11 is 0. The Kier molecular flexibility index (Phi) is 1.63. The van der Waals surface area contributed by atoms with E-state index in [0.29, 0.717) is 6.54 Å². The van der Waals surface area contributed by atoms with E-state index < -0.39 is 0 Å². The molecule has 0 radical (unpaired) electrons. The van der Waals surface area contributed by atoms with E-state index in [0.717, 1.165) is 11.1 Å². The first kappa shape index (κ1) is 7.03. The number of nitrogens with zero attached hydrogens (tertiary/aromatic N) is 2. The largest absolute Gasteiger partial charge is 0.508 e. The number of benzene rings is 1. The molecule has 0 spiro atoms. The third-order valence-electron chi connectivity index (χ3n) is 1.75. The van der Waals surface area contributed by atoms with Gasteiger partial charge in [-0.25, -0.2) is 0 Å². The van der Waals surface area contributed by atoms with Crippen molar-refractivity contribution in [3.63, 3.8) is 0 Å². The zero-order valence-electron chi connectivity index (χ0n) is 6.44. The topological polar surface area (TPSA) is 45.0 Å². The average Bonchev–Trinajstić information content (AvgIpc) is 2.56. The van der Waals surface area contributed by atoms with Crippen molar-refractivity contribution in [2.75, 3.05) is 6.54 Å². The van der Waals surface area contributed by atoms with Gasteiger partial charge in [0.2, 0.25) is 0 Å². The molecule has 1 aliphatic heterocycles. The molecule has 0 saturated heterocycles. The molecule has 0 unspecified atom stereocenters. The number of phenols is 1. The van der Waals surface area contributed by atoms with Gasteiger partial charge in [0.15, 0.2) is 0 Å². The van der Waals surface area contributed by atoms with Gasteiger partial charge in [-0.3, -0.25) is 0 Å². The number of aromatic hydroxyl groups is 1. The van der Waals surface area contributed by atoms with Gasteiger partial charge in [0.25, 0.3) is 0 Å². The molecule has 1 aromatic rings. The molecule has 12 heavy (non-hydrogen) atoms. The van der Waals surface area contributed by atoms with Crippen molar-refractivity contribution >= 4 is 5.57 Å². The Balaban J connectivity index is 2.35. The number of phenolic OH excluding ortho intramolecular Hbond substituents is 1. The fourth-order valence-electron chi connectivity index (χ4n) is 1.14. The molecule has 0 atom stereocenters. The first-order valence-electron chi connectivity index (χ1n) is 3.71. The average molecular weight is 160 g/mol. The lowest BCUT2D eigenvalue weighted by atomic mass is 10.1. The second-order valence-corrected chi connectivity index (χ2v) is 2.62. The molecular formula is C9H8N2O.